The number of anilines is 1. The minimum Gasteiger partial charge on any atom is -0.379 e. The fourth-order valence-electron chi connectivity index (χ4n) is 4.66. The maximum atomic E-state index is 13.4. The molecular formula is C24H31N5O4S. The molecule has 0 radical (unpaired) electrons. The van der Waals surface area contributed by atoms with Crippen molar-refractivity contribution in [1.82, 2.24) is 19.8 Å². The van der Waals surface area contributed by atoms with Crippen LogP contribution in [0.15, 0.2) is 6.07 Å². The fraction of sp³-hybridized carbons (Fsp3) is 0.583. The molecule has 1 saturated heterocycles. The zero-order chi connectivity index (χ0) is 23.8. The number of fused-ring (bicyclic) bond motifs is 1. The second kappa shape index (κ2) is 9.69. The van der Waals surface area contributed by atoms with E-state index in [2.05, 4.69) is 22.1 Å². The number of amides is 2. The van der Waals surface area contributed by atoms with Gasteiger partial charge in [0.25, 0.3) is 5.91 Å². The zero-order valence-corrected chi connectivity index (χ0v) is 20.7. The van der Waals surface area contributed by atoms with Crippen molar-refractivity contribution < 1.29 is 19.1 Å². The number of aromatic nitrogens is 2. The van der Waals surface area contributed by atoms with Crippen LogP contribution >= 0.6 is 11.3 Å². The number of hydrogen-bond donors (Lipinski definition) is 1. The molecule has 1 atom stereocenters. The van der Waals surface area contributed by atoms with Gasteiger partial charge in [-0.3, -0.25) is 14.5 Å². The average molecular weight is 486 g/mol. The minimum atomic E-state index is -0.158. The van der Waals surface area contributed by atoms with E-state index >= 15 is 0 Å². The van der Waals surface area contributed by atoms with Crippen LogP contribution in [0, 0.1) is 12.8 Å². The first-order valence-electron chi connectivity index (χ1n) is 11.9. The summed E-state index contributed by atoms with van der Waals surface area (Å²) in [7, 11) is 0. The molecule has 1 saturated carbocycles. The summed E-state index contributed by atoms with van der Waals surface area (Å²) in [5, 5.41) is 3.31. The molecule has 0 bridgehead atoms. The highest BCUT2D eigenvalue weighted by atomic mass is 32.1. The molecule has 10 heteroatoms. The van der Waals surface area contributed by atoms with Gasteiger partial charge in [-0.2, -0.15) is 0 Å². The Balaban J connectivity index is 1.44. The summed E-state index contributed by atoms with van der Waals surface area (Å²) in [6.07, 6.45) is 2.37. The molecule has 5 rings (SSSR count). The summed E-state index contributed by atoms with van der Waals surface area (Å²) in [5.41, 5.74) is 3.91. The molecule has 3 aliphatic rings. The van der Waals surface area contributed by atoms with Gasteiger partial charge in [-0.1, -0.05) is 11.3 Å². The van der Waals surface area contributed by atoms with Gasteiger partial charge in [0, 0.05) is 32.6 Å². The molecule has 4 heterocycles. The maximum absolute atomic E-state index is 13.4. The summed E-state index contributed by atoms with van der Waals surface area (Å²) in [5.74, 6) is 0.490. The van der Waals surface area contributed by atoms with Crippen molar-refractivity contribution in [3.8, 4) is 10.6 Å². The number of nitrogens with one attached hydrogen (secondary N) is 1. The highest BCUT2D eigenvalue weighted by Crippen LogP contribution is 2.40. The number of carbonyl (C=O) groups excluding carboxylic acids is 2. The lowest BCUT2D eigenvalue weighted by atomic mass is 10.1. The molecule has 2 aromatic rings. The van der Waals surface area contributed by atoms with E-state index in [1.807, 2.05) is 17.9 Å². The molecule has 1 N–H and O–H groups in total. The van der Waals surface area contributed by atoms with Crippen molar-refractivity contribution in [3.05, 3.63) is 28.6 Å². The molecule has 34 heavy (non-hydrogen) atoms. The van der Waals surface area contributed by atoms with E-state index in [0.29, 0.717) is 48.8 Å². The number of morpholine rings is 1. The van der Waals surface area contributed by atoms with E-state index in [-0.39, 0.29) is 24.5 Å². The first-order chi connectivity index (χ1) is 16.4. The number of thiazole rings is 1. The third-order valence-corrected chi connectivity index (χ3v) is 7.81. The molecule has 182 valence electrons. The van der Waals surface area contributed by atoms with Crippen molar-refractivity contribution in [2.45, 2.75) is 52.8 Å². The van der Waals surface area contributed by atoms with E-state index in [9.17, 15) is 9.59 Å². The number of nitrogens with zero attached hydrogens (tertiary/aromatic N) is 4. The highest BCUT2D eigenvalue weighted by molar-refractivity contribution is 7.19. The Morgan fingerprint density at radius 3 is 2.79 bits per heavy atom. The molecule has 2 fully saturated rings. The monoisotopic (exact) mass is 485 g/mol. The first kappa shape index (κ1) is 23.3. The fourth-order valence-corrected chi connectivity index (χ4v) is 5.64. The molecule has 0 aromatic carbocycles. The molecule has 2 aromatic heterocycles. The summed E-state index contributed by atoms with van der Waals surface area (Å²) in [6, 6.07) is 2.23. The first-order valence-corrected chi connectivity index (χ1v) is 12.7. The third-order valence-electron chi connectivity index (χ3n) is 6.72. The maximum Gasteiger partial charge on any atom is 0.256 e. The van der Waals surface area contributed by atoms with Crippen LogP contribution in [0.3, 0.4) is 0 Å². The second-order valence-corrected chi connectivity index (χ2v) is 10.3. The van der Waals surface area contributed by atoms with Gasteiger partial charge in [0.1, 0.15) is 0 Å². The smallest absolute Gasteiger partial charge is 0.256 e. The summed E-state index contributed by atoms with van der Waals surface area (Å²) < 4.78 is 11.4. The molecule has 0 spiro atoms. The number of aryl methyl sites for hydroxylation is 1. The number of ether oxygens (including phenoxy) is 2. The summed E-state index contributed by atoms with van der Waals surface area (Å²) in [4.78, 5) is 39.4. The van der Waals surface area contributed by atoms with Crippen LogP contribution in [0.5, 0.6) is 0 Å². The Labute approximate surface area is 203 Å². The SMILES string of the molecule is CC(=O)Nc1nc(C)c(-c2cc3c(c(COCN4CCOCC4)n2)C(=O)N([C@@H](C)C2CC2)C3)s1. The quantitative estimate of drug-likeness (QED) is 0.614. The normalized spacial score (nSPS) is 19.4. The zero-order valence-electron chi connectivity index (χ0n) is 19.9. The van der Waals surface area contributed by atoms with Gasteiger partial charge in [-0.25, -0.2) is 9.97 Å². The Bertz CT molecular complexity index is 1090. The Morgan fingerprint density at radius 1 is 1.32 bits per heavy atom. The van der Waals surface area contributed by atoms with Gasteiger partial charge < -0.3 is 19.7 Å². The second-order valence-electron chi connectivity index (χ2n) is 9.32. The Kier molecular flexibility index (Phi) is 6.65. The third kappa shape index (κ3) is 4.86. The lowest BCUT2D eigenvalue weighted by Gasteiger charge is -2.26. The van der Waals surface area contributed by atoms with Crippen molar-refractivity contribution in [2.75, 3.05) is 38.4 Å². The average Bonchev–Trinajstić information content (AvgIpc) is 3.52. The highest BCUT2D eigenvalue weighted by Gasteiger charge is 2.40. The van der Waals surface area contributed by atoms with Gasteiger partial charge in [-0.05, 0) is 44.2 Å². The van der Waals surface area contributed by atoms with Crippen LogP contribution < -0.4 is 5.32 Å². The number of hydrogen-bond acceptors (Lipinski definition) is 8. The van der Waals surface area contributed by atoms with Gasteiger partial charge in [0.15, 0.2) is 5.13 Å². The predicted molar refractivity (Wildman–Crippen MR) is 128 cm³/mol. The van der Waals surface area contributed by atoms with Crippen molar-refractivity contribution >= 4 is 28.3 Å². The van der Waals surface area contributed by atoms with Crippen molar-refractivity contribution in [3.63, 3.8) is 0 Å². The van der Waals surface area contributed by atoms with Gasteiger partial charge >= 0.3 is 0 Å². The molecular weight excluding hydrogens is 454 g/mol. The standard InChI is InChI=1S/C24H31N5O4S/c1-14-22(34-24(25-14)26-16(3)30)19-10-18-11-29(15(2)17-4-5-17)23(31)21(18)20(27-19)12-33-13-28-6-8-32-9-7-28/h10,15,17H,4-9,11-13H2,1-3H3,(H,25,26,30)/t15-/m0/s1. The van der Waals surface area contributed by atoms with Crippen LogP contribution in [0.4, 0.5) is 5.13 Å². The molecule has 9 nitrogen and oxygen atoms in total. The topological polar surface area (TPSA) is 96.9 Å². The molecule has 2 amide bonds. The molecule has 1 aliphatic carbocycles. The van der Waals surface area contributed by atoms with E-state index in [4.69, 9.17) is 14.5 Å². The lowest BCUT2D eigenvalue weighted by Crippen LogP contribution is -2.37. The Hall–Kier alpha value is -2.40. The van der Waals surface area contributed by atoms with E-state index < -0.39 is 0 Å². The van der Waals surface area contributed by atoms with Gasteiger partial charge in [-0.15, -0.1) is 0 Å². The molecule has 2 aliphatic heterocycles. The van der Waals surface area contributed by atoms with E-state index in [1.54, 1.807) is 0 Å². The number of carbonyl (C=O) groups is 2. The van der Waals surface area contributed by atoms with Crippen LogP contribution in [0.25, 0.3) is 10.6 Å². The van der Waals surface area contributed by atoms with E-state index in [0.717, 1.165) is 34.9 Å². The van der Waals surface area contributed by atoms with Crippen molar-refractivity contribution in [2.24, 2.45) is 5.92 Å². The molecule has 0 unspecified atom stereocenters. The minimum absolute atomic E-state index is 0.0541. The largest absolute Gasteiger partial charge is 0.379 e. The van der Waals surface area contributed by atoms with Crippen molar-refractivity contribution in [1.29, 1.82) is 0 Å². The van der Waals surface area contributed by atoms with Gasteiger partial charge in [0.2, 0.25) is 5.91 Å². The summed E-state index contributed by atoms with van der Waals surface area (Å²) >= 11 is 1.40. The predicted octanol–water partition coefficient (Wildman–Crippen LogP) is 3.03. The van der Waals surface area contributed by atoms with Gasteiger partial charge in [0.05, 0.1) is 54.1 Å². The van der Waals surface area contributed by atoms with E-state index in [1.165, 1.54) is 31.1 Å². The lowest BCUT2D eigenvalue weighted by molar-refractivity contribution is -0.114. The Morgan fingerprint density at radius 2 is 2.09 bits per heavy atom. The van der Waals surface area contributed by atoms with Crippen LogP contribution in [-0.2, 0) is 27.4 Å². The van der Waals surface area contributed by atoms with Crippen LogP contribution in [0.2, 0.25) is 0 Å². The number of rotatable bonds is 8. The number of pyridine rings is 1. The van der Waals surface area contributed by atoms with Crippen LogP contribution in [0.1, 0.15) is 54.0 Å². The summed E-state index contributed by atoms with van der Waals surface area (Å²) in [6.45, 7) is 9.95. The van der Waals surface area contributed by atoms with Crippen LogP contribution in [-0.4, -0.2) is 70.7 Å².